The van der Waals surface area contributed by atoms with Gasteiger partial charge in [0.25, 0.3) is 0 Å². The van der Waals surface area contributed by atoms with Crippen molar-refractivity contribution in [1.82, 2.24) is 10.2 Å². The third-order valence-corrected chi connectivity index (χ3v) is 4.86. The van der Waals surface area contributed by atoms with Crippen molar-refractivity contribution in [3.8, 4) is 0 Å². The molecule has 0 aromatic heterocycles. The Morgan fingerprint density at radius 1 is 1.30 bits per heavy atom. The van der Waals surface area contributed by atoms with Gasteiger partial charge in [-0.3, -0.25) is 4.90 Å². The zero-order valence-corrected chi connectivity index (χ0v) is 15.1. The highest BCUT2D eigenvalue weighted by Crippen LogP contribution is 2.18. The Morgan fingerprint density at radius 2 is 2.00 bits per heavy atom. The standard InChI is InChI=1S/C17H27IN2/c1-4-17-10-19-16(9-13(2)3)12-20(17)11-14-5-7-15(18)8-6-14/h5-8,13,16-17,19H,4,9-12H2,1-3H3. The van der Waals surface area contributed by atoms with Crippen LogP contribution in [0.15, 0.2) is 24.3 Å². The minimum absolute atomic E-state index is 0.654. The molecule has 1 heterocycles. The van der Waals surface area contributed by atoms with Crippen LogP contribution in [0.2, 0.25) is 0 Å². The van der Waals surface area contributed by atoms with Crippen LogP contribution in [0.1, 0.15) is 39.2 Å². The van der Waals surface area contributed by atoms with Crippen molar-refractivity contribution >= 4 is 22.6 Å². The van der Waals surface area contributed by atoms with E-state index in [0.29, 0.717) is 12.1 Å². The van der Waals surface area contributed by atoms with E-state index in [1.165, 1.54) is 28.5 Å². The van der Waals surface area contributed by atoms with Crippen LogP contribution in [0, 0.1) is 9.49 Å². The van der Waals surface area contributed by atoms with E-state index in [9.17, 15) is 0 Å². The summed E-state index contributed by atoms with van der Waals surface area (Å²) in [5.74, 6) is 0.769. The van der Waals surface area contributed by atoms with Gasteiger partial charge in [-0.25, -0.2) is 0 Å². The molecule has 3 heteroatoms. The normalized spacial score (nSPS) is 24.2. The highest BCUT2D eigenvalue weighted by atomic mass is 127. The summed E-state index contributed by atoms with van der Waals surface area (Å²) >= 11 is 2.37. The van der Waals surface area contributed by atoms with Crippen molar-refractivity contribution in [2.24, 2.45) is 5.92 Å². The van der Waals surface area contributed by atoms with E-state index in [-0.39, 0.29) is 0 Å². The first kappa shape index (κ1) is 16.2. The molecule has 2 atom stereocenters. The van der Waals surface area contributed by atoms with Gasteiger partial charge in [0.2, 0.25) is 0 Å². The van der Waals surface area contributed by atoms with Gasteiger partial charge in [-0.15, -0.1) is 0 Å². The second kappa shape index (κ2) is 7.76. The van der Waals surface area contributed by atoms with Crippen molar-refractivity contribution in [1.29, 1.82) is 0 Å². The molecule has 1 aromatic rings. The third kappa shape index (κ3) is 4.71. The summed E-state index contributed by atoms with van der Waals surface area (Å²) in [5, 5.41) is 3.73. The molecule has 0 saturated carbocycles. The number of nitrogens with one attached hydrogen (secondary N) is 1. The molecule has 20 heavy (non-hydrogen) atoms. The van der Waals surface area contributed by atoms with Crippen LogP contribution in [-0.4, -0.2) is 30.1 Å². The minimum Gasteiger partial charge on any atom is -0.311 e. The Kier molecular flexibility index (Phi) is 6.30. The minimum atomic E-state index is 0.654. The maximum Gasteiger partial charge on any atom is 0.0237 e. The molecule has 1 fully saturated rings. The van der Waals surface area contributed by atoms with Gasteiger partial charge in [0.15, 0.2) is 0 Å². The highest BCUT2D eigenvalue weighted by Gasteiger charge is 2.26. The van der Waals surface area contributed by atoms with Crippen LogP contribution >= 0.6 is 22.6 Å². The van der Waals surface area contributed by atoms with E-state index < -0.39 is 0 Å². The molecule has 2 unspecified atom stereocenters. The van der Waals surface area contributed by atoms with E-state index in [1.54, 1.807) is 0 Å². The molecular formula is C17H27IN2. The van der Waals surface area contributed by atoms with Crippen molar-refractivity contribution < 1.29 is 0 Å². The number of benzene rings is 1. The van der Waals surface area contributed by atoms with Gasteiger partial charge in [0.05, 0.1) is 0 Å². The van der Waals surface area contributed by atoms with E-state index in [1.807, 2.05) is 0 Å². The fraction of sp³-hybridized carbons (Fsp3) is 0.647. The molecule has 1 N–H and O–H groups in total. The second-order valence-corrected chi connectivity index (χ2v) is 7.60. The Bertz CT molecular complexity index is 402. The molecule has 0 spiro atoms. The van der Waals surface area contributed by atoms with Crippen LogP contribution in [-0.2, 0) is 6.54 Å². The van der Waals surface area contributed by atoms with Gasteiger partial charge in [-0.1, -0.05) is 32.9 Å². The lowest BCUT2D eigenvalue weighted by Gasteiger charge is -2.40. The fourth-order valence-corrected chi connectivity index (χ4v) is 3.44. The SMILES string of the molecule is CCC1CNC(CC(C)C)CN1Cc1ccc(I)cc1. The molecule has 0 bridgehead atoms. The Hall–Kier alpha value is -0.130. The van der Waals surface area contributed by atoms with Crippen molar-refractivity contribution in [2.75, 3.05) is 13.1 Å². The lowest BCUT2D eigenvalue weighted by Crippen LogP contribution is -2.56. The largest absolute Gasteiger partial charge is 0.311 e. The number of hydrogen-bond donors (Lipinski definition) is 1. The van der Waals surface area contributed by atoms with Crippen molar-refractivity contribution in [3.05, 3.63) is 33.4 Å². The topological polar surface area (TPSA) is 15.3 Å². The Labute approximate surface area is 137 Å². The maximum atomic E-state index is 3.73. The van der Waals surface area contributed by atoms with Gasteiger partial charge in [-0.2, -0.15) is 0 Å². The van der Waals surface area contributed by atoms with E-state index in [4.69, 9.17) is 0 Å². The first-order valence-corrected chi connectivity index (χ1v) is 8.88. The Balaban J connectivity index is 1.99. The summed E-state index contributed by atoms with van der Waals surface area (Å²) in [6.07, 6.45) is 2.51. The molecular weight excluding hydrogens is 359 g/mol. The van der Waals surface area contributed by atoms with Crippen LogP contribution in [0.5, 0.6) is 0 Å². The van der Waals surface area contributed by atoms with Crippen LogP contribution in [0.25, 0.3) is 0 Å². The molecule has 2 nitrogen and oxygen atoms in total. The first-order chi connectivity index (χ1) is 9.58. The molecule has 0 aliphatic carbocycles. The second-order valence-electron chi connectivity index (χ2n) is 6.35. The molecule has 1 aliphatic heterocycles. The zero-order chi connectivity index (χ0) is 14.5. The molecule has 0 radical (unpaired) electrons. The number of halogens is 1. The lowest BCUT2D eigenvalue weighted by molar-refractivity contribution is 0.111. The summed E-state index contributed by atoms with van der Waals surface area (Å²) < 4.78 is 1.32. The Morgan fingerprint density at radius 3 is 2.60 bits per heavy atom. The maximum absolute atomic E-state index is 3.73. The van der Waals surface area contributed by atoms with E-state index in [2.05, 4.69) is 77.8 Å². The molecule has 1 aliphatic rings. The molecule has 2 rings (SSSR count). The van der Waals surface area contributed by atoms with Gasteiger partial charge in [0.1, 0.15) is 0 Å². The summed E-state index contributed by atoms with van der Waals surface area (Å²) in [4.78, 5) is 2.67. The van der Waals surface area contributed by atoms with Crippen LogP contribution in [0.3, 0.4) is 0 Å². The van der Waals surface area contributed by atoms with Gasteiger partial charge in [-0.05, 0) is 59.0 Å². The van der Waals surface area contributed by atoms with Gasteiger partial charge in [0, 0.05) is 35.3 Å². The summed E-state index contributed by atoms with van der Waals surface area (Å²) in [7, 11) is 0. The number of hydrogen-bond acceptors (Lipinski definition) is 2. The molecule has 1 saturated heterocycles. The third-order valence-electron chi connectivity index (χ3n) is 4.14. The zero-order valence-electron chi connectivity index (χ0n) is 12.9. The van der Waals surface area contributed by atoms with Crippen molar-refractivity contribution in [2.45, 2.75) is 52.2 Å². The first-order valence-electron chi connectivity index (χ1n) is 7.80. The molecule has 1 aromatic carbocycles. The molecule has 112 valence electrons. The van der Waals surface area contributed by atoms with Crippen molar-refractivity contribution in [3.63, 3.8) is 0 Å². The van der Waals surface area contributed by atoms with E-state index >= 15 is 0 Å². The number of rotatable bonds is 5. The summed E-state index contributed by atoms with van der Waals surface area (Å²) in [5.41, 5.74) is 1.44. The van der Waals surface area contributed by atoms with Crippen LogP contribution in [0.4, 0.5) is 0 Å². The van der Waals surface area contributed by atoms with E-state index in [0.717, 1.165) is 19.0 Å². The lowest BCUT2D eigenvalue weighted by atomic mass is 9.98. The highest BCUT2D eigenvalue weighted by molar-refractivity contribution is 14.1. The van der Waals surface area contributed by atoms with Crippen LogP contribution < -0.4 is 5.32 Å². The molecule has 0 amide bonds. The fourth-order valence-electron chi connectivity index (χ4n) is 3.08. The summed E-state index contributed by atoms with van der Waals surface area (Å²) in [6.45, 7) is 10.3. The quantitative estimate of drug-likeness (QED) is 0.773. The average Bonchev–Trinajstić information content (AvgIpc) is 2.41. The number of nitrogens with zero attached hydrogens (tertiary/aromatic N) is 1. The average molecular weight is 386 g/mol. The number of piperazine rings is 1. The predicted molar refractivity (Wildman–Crippen MR) is 94.9 cm³/mol. The smallest absolute Gasteiger partial charge is 0.0237 e. The predicted octanol–water partition coefficient (Wildman–Crippen LogP) is 3.89. The summed E-state index contributed by atoms with van der Waals surface area (Å²) in [6, 6.07) is 10.3. The van der Waals surface area contributed by atoms with Gasteiger partial charge < -0.3 is 5.32 Å². The monoisotopic (exact) mass is 386 g/mol. The van der Waals surface area contributed by atoms with Gasteiger partial charge >= 0.3 is 0 Å².